The Kier molecular flexibility index (Phi) is 2.90. The van der Waals surface area contributed by atoms with E-state index in [2.05, 4.69) is 5.16 Å². The summed E-state index contributed by atoms with van der Waals surface area (Å²) in [5, 5.41) is 14.8. The van der Waals surface area contributed by atoms with Crippen molar-refractivity contribution in [2.45, 2.75) is 26.7 Å². The number of hydrogen-bond donors (Lipinski definition) is 0. The molecule has 0 amide bonds. The van der Waals surface area contributed by atoms with Crippen LogP contribution in [0.4, 0.5) is 5.69 Å². The minimum atomic E-state index is -0.471. The van der Waals surface area contributed by atoms with Gasteiger partial charge in [-0.15, -0.1) is 0 Å². The number of benzene rings is 1. The second-order valence-electron chi connectivity index (χ2n) is 6.08. The Bertz CT molecular complexity index is 746. The van der Waals surface area contributed by atoms with Crippen LogP contribution in [0.25, 0.3) is 11.3 Å². The van der Waals surface area contributed by atoms with Crippen LogP contribution < -0.4 is 0 Å². The summed E-state index contributed by atoms with van der Waals surface area (Å²) in [6.45, 7) is 4.01. The summed E-state index contributed by atoms with van der Waals surface area (Å²) < 4.78 is 5.31. The molecule has 0 aliphatic heterocycles. The molecule has 1 heterocycles. The van der Waals surface area contributed by atoms with E-state index in [1.807, 2.05) is 13.8 Å². The van der Waals surface area contributed by atoms with Crippen LogP contribution >= 0.6 is 0 Å². The summed E-state index contributed by atoms with van der Waals surface area (Å²) in [6.07, 6.45) is 1.05. The number of non-ortho nitro benzene ring substituents is 1. The fourth-order valence-corrected chi connectivity index (χ4v) is 2.72. The van der Waals surface area contributed by atoms with Gasteiger partial charge in [-0.25, -0.2) is 0 Å². The van der Waals surface area contributed by atoms with Crippen molar-refractivity contribution in [1.29, 1.82) is 0 Å². The molecular weight excluding hydrogens is 272 g/mol. The molecule has 1 aliphatic carbocycles. The largest absolute Gasteiger partial charge is 0.360 e. The number of hydrogen-bond acceptors (Lipinski definition) is 5. The number of nitro benzene ring substituents is 1. The molecular formula is C15H14N2O4. The molecule has 0 bridgehead atoms. The fourth-order valence-electron chi connectivity index (χ4n) is 2.72. The van der Waals surface area contributed by atoms with Crippen molar-refractivity contribution in [3.8, 4) is 11.3 Å². The maximum Gasteiger partial charge on any atom is 0.270 e. The Hall–Kier alpha value is -2.50. The van der Waals surface area contributed by atoms with Gasteiger partial charge in [0.05, 0.1) is 10.5 Å². The van der Waals surface area contributed by atoms with Gasteiger partial charge in [-0.3, -0.25) is 14.9 Å². The van der Waals surface area contributed by atoms with E-state index in [-0.39, 0.29) is 16.9 Å². The van der Waals surface area contributed by atoms with Crippen LogP contribution in [-0.4, -0.2) is 15.9 Å². The lowest BCUT2D eigenvalue weighted by molar-refractivity contribution is -0.384. The van der Waals surface area contributed by atoms with Crippen LogP contribution in [0, 0.1) is 15.5 Å². The Labute approximate surface area is 120 Å². The zero-order valence-corrected chi connectivity index (χ0v) is 11.8. The van der Waals surface area contributed by atoms with E-state index >= 15 is 0 Å². The molecule has 108 valence electrons. The summed E-state index contributed by atoms with van der Waals surface area (Å²) in [6, 6.07) is 6.08. The van der Waals surface area contributed by atoms with E-state index in [1.165, 1.54) is 12.1 Å². The zero-order valence-electron chi connectivity index (χ0n) is 11.8. The Balaban J connectivity index is 2.10. The Morgan fingerprint density at radius 3 is 2.81 bits per heavy atom. The molecule has 1 aromatic heterocycles. The highest BCUT2D eigenvalue weighted by Gasteiger charge is 2.36. The number of nitrogens with zero attached hydrogens (tertiary/aromatic N) is 2. The van der Waals surface area contributed by atoms with E-state index in [0.29, 0.717) is 35.4 Å². The van der Waals surface area contributed by atoms with Crippen LogP contribution in [0.2, 0.25) is 0 Å². The molecule has 1 aliphatic rings. The third kappa shape index (κ3) is 2.33. The lowest BCUT2D eigenvalue weighted by Crippen LogP contribution is -2.26. The van der Waals surface area contributed by atoms with E-state index in [1.54, 1.807) is 12.1 Å². The first-order valence-electron chi connectivity index (χ1n) is 6.64. The van der Waals surface area contributed by atoms with Crippen LogP contribution in [-0.2, 0) is 6.42 Å². The number of fused-ring (bicyclic) bond motifs is 1. The van der Waals surface area contributed by atoms with Crippen LogP contribution in [0.1, 0.15) is 36.4 Å². The second-order valence-corrected chi connectivity index (χ2v) is 6.08. The molecule has 1 aromatic carbocycles. The van der Waals surface area contributed by atoms with Gasteiger partial charge in [-0.1, -0.05) is 31.1 Å². The predicted octanol–water partition coefficient (Wildman–Crippen LogP) is 3.40. The third-order valence-corrected chi connectivity index (χ3v) is 3.65. The molecule has 0 saturated heterocycles. The molecule has 0 spiro atoms. The van der Waals surface area contributed by atoms with Gasteiger partial charge in [-0.05, 0) is 5.41 Å². The lowest BCUT2D eigenvalue weighted by Gasteiger charge is -2.26. The topological polar surface area (TPSA) is 86.2 Å². The van der Waals surface area contributed by atoms with Crippen molar-refractivity contribution in [2.24, 2.45) is 5.41 Å². The average molecular weight is 286 g/mol. The predicted molar refractivity (Wildman–Crippen MR) is 75.0 cm³/mol. The first-order chi connectivity index (χ1) is 9.87. The van der Waals surface area contributed by atoms with Crippen LogP contribution in [0.3, 0.4) is 0 Å². The molecule has 0 atom stereocenters. The second kappa shape index (κ2) is 4.51. The maximum atomic E-state index is 12.3. The summed E-state index contributed by atoms with van der Waals surface area (Å²) in [4.78, 5) is 22.7. The number of rotatable bonds is 2. The monoisotopic (exact) mass is 286 g/mol. The van der Waals surface area contributed by atoms with Crippen molar-refractivity contribution >= 4 is 11.5 Å². The Morgan fingerprint density at radius 1 is 1.33 bits per heavy atom. The van der Waals surface area contributed by atoms with Crippen LogP contribution in [0.5, 0.6) is 0 Å². The van der Waals surface area contributed by atoms with Gasteiger partial charge in [-0.2, -0.15) is 0 Å². The summed E-state index contributed by atoms with van der Waals surface area (Å²) >= 11 is 0. The zero-order chi connectivity index (χ0) is 15.2. The molecule has 2 aromatic rings. The molecule has 0 fully saturated rings. The molecule has 21 heavy (non-hydrogen) atoms. The quantitative estimate of drug-likeness (QED) is 0.623. The minimum Gasteiger partial charge on any atom is -0.360 e. The SMILES string of the molecule is CC1(C)CC(=O)c2c(-c3cccc([N+](=O)[O-])c3)noc2C1. The number of aromatic nitrogens is 1. The van der Waals surface area contributed by atoms with Crippen molar-refractivity contribution in [3.63, 3.8) is 0 Å². The van der Waals surface area contributed by atoms with E-state index in [9.17, 15) is 14.9 Å². The minimum absolute atomic E-state index is 0.0241. The van der Waals surface area contributed by atoms with Gasteiger partial charge in [0.1, 0.15) is 11.5 Å². The molecule has 0 N–H and O–H groups in total. The van der Waals surface area contributed by atoms with E-state index < -0.39 is 4.92 Å². The molecule has 6 heteroatoms. The lowest BCUT2D eigenvalue weighted by atomic mass is 9.76. The van der Waals surface area contributed by atoms with Crippen LogP contribution in [0.15, 0.2) is 28.8 Å². The number of carbonyl (C=O) groups excluding carboxylic acids is 1. The van der Waals surface area contributed by atoms with Gasteiger partial charge >= 0.3 is 0 Å². The van der Waals surface area contributed by atoms with Gasteiger partial charge in [0.15, 0.2) is 5.78 Å². The Morgan fingerprint density at radius 2 is 2.10 bits per heavy atom. The van der Waals surface area contributed by atoms with E-state index in [4.69, 9.17) is 4.52 Å². The molecule has 3 rings (SSSR count). The van der Waals surface area contributed by atoms with Crippen molar-refractivity contribution < 1.29 is 14.2 Å². The highest BCUT2D eigenvalue weighted by molar-refractivity contribution is 6.03. The first kappa shape index (κ1) is 13.5. The van der Waals surface area contributed by atoms with Gasteiger partial charge in [0.25, 0.3) is 5.69 Å². The fraction of sp³-hybridized carbons (Fsp3) is 0.333. The van der Waals surface area contributed by atoms with Crippen molar-refractivity contribution in [1.82, 2.24) is 5.16 Å². The van der Waals surface area contributed by atoms with Gasteiger partial charge in [0, 0.05) is 30.5 Å². The molecule has 0 saturated carbocycles. The number of ketones is 1. The smallest absolute Gasteiger partial charge is 0.270 e. The first-order valence-corrected chi connectivity index (χ1v) is 6.64. The molecule has 6 nitrogen and oxygen atoms in total. The van der Waals surface area contributed by atoms with E-state index in [0.717, 1.165) is 0 Å². The van der Waals surface area contributed by atoms with Gasteiger partial charge < -0.3 is 4.52 Å². The highest BCUT2D eigenvalue weighted by Crippen LogP contribution is 2.39. The highest BCUT2D eigenvalue weighted by atomic mass is 16.6. The normalized spacial score (nSPS) is 16.6. The van der Waals surface area contributed by atoms with Crippen molar-refractivity contribution in [2.75, 3.05) is 0 Å². The average Bonchev–Trinajstić information content (AvgIpc) is 2.81. The summed E-state index contributed by atoms with van der Waals surface area (Å²) in [5.74, 6) is 0.543. The summed E-state index contributed by atoms with van der Waals surface area (Å²) in [5.41, 5.74) is 1.21. The summed E-state index contributed by atoms with van der Waals surface area (Å²) in [7, 11) is 0. The molecule has 0 unspecified atom stereocenters. The third-order valence-electron chi connectivity index (χ3n) is 3.65. The number of Topliss-reactive ketones (excluding diaryl/α,β-unsaturated/α-hetero) is 1. The van der Waals surface area contributed by atoms with Crippen molar-refractivity contribution in [3.05, 3.63) is 45.7 Å². The maximum absolute atomic E-state index is 12.3. The number of carbonyl (C=O) groups is 1. The standard InChI is InChI=1S/C15H14N2O4/c1-15(2)7-11(18)13-12(8-15)21-16-14(13)9-4-3-5-10(6-9)17(19)20/h3-6H,7-8H2,1-2H3. The van der Waals surface area contributed by atoms with Gasteiger partial charge in [0.2, 0.25) is 0 Å². The molecule has 0 radical (unpaired) electrons. The number of nitro groups is 1.